The lowest BCUT2D eigenvalue weighted by molar-refractivity contribution is 0.0527. The summed E-state index contributed by atoms with van der Waals surface area (Å²) in [5, 5.41) is 3.82. The highest BCUT2D eigenvalue weighted by Gasteiger charge is 2.20. The molecule has 0 aromatic carbocycles. The summed E-state index contributed by atoms with van der Waals surface area (Å²) < 4.78 is 5.77. The Bertz CT molecular complexity index is 607. The molecule has 0 bridgehead atoms. The molecule has 0 amide bonds. The number of anilines is 1. The smallest absolute Gasteiger partial charge is 0.343 e. The average molecular weight is 260 g/mol. The van der Waals surface area contributed by atoms with Gasteiger partial charge in [-0.15, -0.1) is 0 Å². The topological polar surface area (TPSA) is 100 Å². The molecule has 0 saturated carbocycles. The first-order valence-corrected chi connectivity index (χ1v) is 5.60. The molecule has 2 aromatic heterocycles. The first-order chi connectivity index (χ1) is 9.15. The predicted octanol–water partition coefficient (Wildman–Crippen LogP) is 0.726. The van der Waals surface area contributed by atoms with Crippen LogP contribution in [-0.4, -0.2) is 33.2 Å². The minimum absolute atomic E-state index is 0.0414. The third kappa shape index (κ3) is 2.44. The van der Waals surface area contributed by atoms with Gasteiger partial charge in [0.1, 0.15) is 11.4 Å². The molecule has 0 radical (unpaired) electrons. The van der Waals surface area contributed by atoms with Crippen molar-refractivity contribution >= 4 is 17.7 Å². The van der Waals surface area contributed by atoms with Crippen molar-refractivity contribution < 1.29 is 14.3 Å². The fourth-order valence-electron chi connectivity index (χ4n) is 1.50. The van der Waals surface area contributed by atoms with Crippen LogP contribution < -0.4 is 5.73 Å². The van der Waals surface area contributed by atoms with Crippen LogP contribution in [-0.2, 0) is 4.74 Å². The quantitative estimate of drug-likeness (QED) is 0.816. The molecule has 98 valence electrons. The first kappa shape index (κ1) is 12.7. The monoisotopic (exact) mass is 260 g/mol. The second-order valence-electron chi connectivity index (χ2n) is 3.62. The molecule has 0 aliphatic rings. The maximum atomic E-state index is 12.1. The van der Waals surface area contributed by atoms with Gasteiger partial charge in [-0.25, -0.2) is 4.79 Å². The number of carbonyl (C=O) groups is 2. The lowest BCUT2D eigenvalue weighted by Gasteiger charge is -2.03. The van der Waals surface area contributed by atoms with Crippen molar-refractivity contribution in [3.63, 3.8) is 0 Å². The second-order valence-corrected chi connectivity index (χ2v) is 3.62. The largest absolute Gasteiger partial charge is 0.462 e. The molecule has 2 heterocycles. The fourth-order valence-corrected chi connectivity index (χ4v) is 1.50. The van der Waals surface area contributed by atoms with Crippen molar-refractivity contribution in [1.29, 1.82) is 0 Å². The van der Waals surface area contributed by atoms with Crippen molar-refractivity contribution in [2.24, 2.45) is 0 Å². The molecule has 2 rings (SSSR count). The van der Waals surface area contributed by atoms with Crippen LogP contribution in [0.4, 0.5) is 5.82 Å². The van der Waals surface area contributed by atoms with Crippen LogP contribution in [0.5, 0.6) is 0 Å². The van der Waals surface area contributed by atoms with Crippen LogP contribution in [0.1, 0.15) is 27.6 Å². The Morgan fingerprint density at radius 2 is 2.05 bits per heavy atom. The molecule has 0 unspecified atom stereocenters. The van der Waals surface area contributed by atoms with Crippen molar-refractivity contribution in [1.82, 2.24) is 14.8 Å². The molecule has 0 saturated heterocycles. The van der Waals surface area contributed by atoms with E-state index in [0.717, 1.165) is 4.68 Å². The summed E-state index contributed by atoms with van der Waals surface area (Å²) >= 11 is 0. The second kappa shape index (κ2) is 5.30. The zero-order valence-electron chi connectivity index (χ0n) is 10.2. The summed E-state index contributed by atoms with van der Waals surface area (Å²) in [6.07, 6.45) is 4.19. The highest BCUT2D eigenvalue weighted by atomic mass is 16.5. The Balaban J connectivity index is 2.32. The number of nitrogen functional groups attached to an aromatic ring is 1. The maximum absolute atomic E-state index is 12.1. The summed E-state index contributed by atoms with van der Waals surface area (Å²) in [7, 11) is 0. The number of carbonyl (C=O) groups excluding carboxylic acids is 2. The zero-order chi connectivity index (χ0) is 13.8. The van der Waals surface area contributed by atoms with Gasteiger partial charge in [0.05, 0.1) is 12.8 Å². The van der Waals surface area contributed by atoms with Gasteiger partial charge in [0, 0.05) is 18.0 Å². The number of nitrogens with two attached hydrogens (primary N) is 1. The minimum atomic E-state index is -0.603. The highest BCUT2D eigenvalue weighted by Crippen LogP contribution is 2.14. The molecular formula is C12H12N4O3. The van der Waals surface area contributed by atoms with Gasteiger partial charge in [-0.3, -0.25) is 9.78 Å². The maximum Gasteiger partial charge on any atom is 0.343 e. The number of pyridine rings is 1. The van der Waals surface area contributed by atoms with Gasteiger partial charge in [0.25, 0.3) is 5.91 Å². The van der Waals surface area contributed by atoms with Crippen molar-refractivity contribution in [2.75, 3.05) is 12.3 Å². The van der Waals surface area contributed by atoms with E-state index in [1.807, 2.05) is 0 Å². The predicted molar refractivity (Wildman–Crippen MR) is 66.6 cm³/mol. The van der Waals surface area contributed by atoms with Gasteiger partial charge in [0.2, 0.25) is 0 Å². The molecule has 2 aromatic rings. The van der Waals surface area contributed by atoms with E-state index in [0.29, 0.717) is 5.56 Å². The normalized spacial score (nSPS) is 10.2. The van der Waals surface area contributed by atoms with E-state index in [4.69, 9.17) is 10.5 Å². The van der Waals surface area contributed by atoms with Gasteiger partial charge in [0.15, 0.2) is 0 Å². The van der Waals surface area contributed by atoms with Crippen LogP contribution in [0.15, 0.2) is 30.7 Å². The van der Waals surface area contributed by atoms with E-state index in [2.05, 4.69) is 10.1 Å². The molecule has 2 N–H and O–H groups in total. The molecule has 0 aliphatic carbocycles. The van der Waals surface area contributed by atoms with Crippen molar-refractivity contribution in [2.45, 2.75) is 6.92 Å². The van der Waals surface area contributed by atoms with Crippen molar-refractivity contribution in [3.05, 3.63) is 41.9 Å². The van der Waals surface area contributed by atoms with Crippen LogP contribution in [0.2, 0.25) is 0 Å². The number of aromatic nitrogens is 3. The highest BCUT2D eigenvalue weighted by molar-refractivity contribution is 6.01. The van der Waals surface area contributed by atoms with E-state index >= 15 is 0 Å². The van der Waals surface area contributed by atoms with Gasteiger partial charge in [-0.05, 0) is 19.1 Å². The summed E-state index contributed by atoms with van der Waals surface area (Å²) in [5.41, 5.74) is 6.18. The van der Waals surface area contributed by atoms with Crippen molar-refractivity contribution in [3.8, 4) is 0 Å². The third-order valence-corrected chi connectivity index (χ3v) is 2.42. The van der Waals surface area contributed by atoms with Gasteiger partial charge >= 0.3 is 5.97 Å². The SMILES string of the molecule is CCOC(=O)c1cnn(C(=O)c2ccncc2)c1N. The Morgan fingerprint density at radius 1 is 1.37 bits per heavy atom. The van der Waals surface area contributed by atoms with E-state index < -0.39 is 11.9 Å². The third-order valence-electron chi connectivity index (χ3n) is 2.42. The van der Waals surface area contributed by atoms with Gasteiger partial charge < -0.3 is 10.5 Å². The molecule has 7 heteroatoms. The molecule has 7 nitrogen and oxygen atoms in total. The lowest BCUT2D eigenvalue weighted by Crippen LogP contribution is -2.17. The van der Waals surface area contributed by atoms with Gasteiger partial charge in [-0.1, -0.05) is 0 Å². The summed E-state index contributed by atoms with van der Waals surface area (Å²) in [6.45, 7) is 1.91. The van der Waals surface area contributed by atoms with Crippen LogP contribution >= 0.6 is 0 Å². The Kier molecular flexibility index (Phi) is 3.56. The number of nitrogens with zero attached hydrogens (tertiary/aromatic N) is 3. The number of hydrogen-bond acceptors (Lipinski definition) is 6. The summed E-state index contributed by atoms with van der Waals surface area (Å²) in [6, 6.07) is 3.07. The Hall–Kier alpha value is -2.70. The standard InChI is InChI=1S/C12H12N4O3/c1-2-19-12(18)9-7-15-16(10(9)13)11(17)8-3-5-14-6-4-8/h3-7H,2,13H2,1H3. The minimum Gasteiger partial charge on any atom is -0.462 e. The molecular weight excluding hydrogens is 248 g/mol. The number of hydrogen-bond donors (Lipinski definition) is 1. The Morgan fingerprint density at radius 3 is 2.68 bits per heavy atom. The van der Waals surface area contributed by atoms with Crippen LogP contribution in [0.3, 0.4) is 0 Å². The Labute approximate surface area is 109 Å². The van der Waals surface area contributed by atoms with Gasteiger partial charge in [-0.2, -0.15) is 9.78 Å². The molecule has 0 atom stereocenters. The van der Waals surface area contributed by atoms with E-state index in [1.165, 1.54) is 30.7 Å². The fraction of sp³-hybridized carbons (Fsp3) is 0.167. The summed E-state index contributed by atoms with van der Waals surface area (Å²) in [4.78, 5) is 27.5. The molecule has 0 aliphatic heterocycles. The molecule has 0 spiro atoms. The van der Waals surface area contributed by atoms with E-state index in [9.17, 15) is 9.59 Å². The van der Waals surface area contributed by atoms with Crippen LogP contribution in [0.25, 0.3) is 0 Å². The molecule has 0 fully saturated rings. The van der Waals surface area contributed by atoms with E-state index in [-0.39, 0.29) is 18.0 Å². The lowest BCUT2D eigenvalue weighted by atomic mass is 10.2. The number of esters is 1. The van der Waals surface area contributed by atoms with E-state index in [1.54, 1.807) is 6.92 Å². The first-order valence-electron chi connectivity index (χ1n) is 5.60. The summed E-state index contributed by atoms with van der Waals surface area (Å²) in [5.74, 6) is -1.08. The number of rotatable bonds is 3. The average Bonchev–Trinajstić information content (AvgIpc) is 2.81. The molecule has 19 heavy (non-hydrogen) atoms. The van der Waals surface area contributed by atoms with Crippen LogP contribution in [0, 0.1) is 0 Å². The number of ether oxygens (including phenoxy) is 1. The zero-order valence-corrected chi connectivity index (χ0v) is 10.2.